The van der Waals surface area contributed by atoms with Gasteiger partial charge in [-0.2, -0.15) is 10.2 Å². The molecule has 0 aliphatic rings. The minimum atomic E-state index is -2.72. The van der Waals surface area contributed by atoms with Crippen LogP contribution in [0.5, 0.6) is 0 Å². The van der Waals surface area contributed by atoms with Gasteiger partial charge in [0.25, 0.3) is 6.43 Å². The first-order valence-electron chi connectivity index (χ1n) is 11.6. The minimum Gasteiger partial charge on any atom is -0.308 e. The summed E-state index contributed by atoms with van der Waals surface area (Å²) in [6, 6.07) is 19.7. The van der Waals surface area contributed by atoms with Crippen molar-refractivity contribution in [3.63, 3.8) is 0 Å². The van der Waals surface area contributed by atoms with Crippen LogP contribution in [0.25, 0.3) is 22.3 Å². The van der Waals surface area contributed by atoms with Gasteiger partial charge in [-0.25, -0.2) is 18.4 Å². The van der Waals surface area contributed by atoms with Crippen molar-refractivity contribution in [1.29, 1.82) is 0 Å². The van der Waals surface area contributed by atoms with Crippen molar-refractivity contribution in [2.24, 2.45) is 0 Å². The van der Waals surface area contributed by atoms with Crippen molar-refractivity contribution in [3.05, 3.63) is 94.3 Å². The highest BCUT2D eigenvalue weighted by atomic mass is 35.5. The fourth-order valence-electron chi connectivity index (χ4n) is 4.28. The molecule has 2 aromatic carbocycles. The zero-order valence-corrected chi connectivity index (χ0v) is 20.9. The Labute approximate surface area is 216 Å². The molecule has 0 spiro atoms. The molecular formula is C27H23ClF2N6O. The predicted octanol–water partition coefficient (Wildman–Crippen LogP) is 6.19. The average molecular weight is 521 g/mol. The summed E-state index contributed by atoms with van der Waals surface area (Å²) in [6.07, 6.45) is -2.72. The van der Waals surface area contributed by atoms with Crippen LogP contribution in [0.4, 0.5) is 14.6 Å². The van der Waals surface area contributed by atoms with E-state index in [0.717, 1.165) is 11.3 Å². The van der Waals surface area contributed by atoms with Gasteiger partial charge in [0, 0.05) is 27.9 Å². The first kappa shape index (κ1) is 24.6. The highest BCUT2D eigenvalue weighted by molar-refractivity contribution is 6.30. The molecule has 0 bridgehead atoms. The number of carbonyl (C=O) groups excluding carboxylic acids is 1. The van der Waals surface area contributed by atoms with E-state index in [1.807, 2.05) is 43.3 Å². The number of nitrogens with zero attached hydrogens (tertiary/aromatic N) is 5. The number of halogens is 3. The van der Waals surface area contributed by atoms with E-state index in [2.05, 4.69) is 20.5 Å². The number of alkyl halides is 2. The molecule has 5 aromatic rings. The summed E-state index contributed by atoms with van der Waals surface area (Å²) in [6.45, 7) is 3.80. The highest BCUT2D eigenvalue weighted by Crippen LogP contribution is 2.33. The van der Waals surface area contributed by atoms with Crippen LogP contribution in [-0.2, 0) is 17.9 Å². The second kappa shape index (κ2) is 10.1. The Bertz CT molecular complexity index is 1600. The largest absolute Gasteiger partial charge is 0.308 e. The third-order valence-electron chi connectivity index (χ3n) is 5.98. The molecule has 188 valence electrons. The van der Waals surface area contributed by atoms with Gasteiger partial charge in [0.2, 0.25) is 5.91 Å². The van der Waals surface area contributed by atoms with Crippen LogP contribution in [0.3, 0.4) is 0 Å². The number of aryl methyl sites for hydroxylation is 2. The predicted molar refractivity (Wildman–Crippen MR) is 139 cm³/mol. The summed E-state index contributed by atoms with van der Waals surface area (Å²) in [7, 11) is 0. The van der Waals surface area contributed by atoms with Gasteiger partial charge >= 0.3 is 0 Å². The summed E-state index contributed by atoms with van der Waals surface area (Å²) in [4.78, 5) is 17.5. The molecule has 0 saturated carbocycles. The SMILES string of the molecule is Cc1nn(CC(=O)Nc2cc(C)n(Cc3cccc(Cl)c3)n2)c2nc(-c3ccccc3)cc(C(F)F)c12. The van der Waals surface area contributed by atoms with Gasteiger partial charge in [-0.1, -0.05) is 54.1 Å². The Morgan fingerprint density at radius 2 is 1.78 bits per heavy atom. The van der Waals surface area contributed by atoms with E-state index in [0.29, 0.717) is 34.3 Å². The van der Waals surface area contributed by atoms with Gasteiger partial charge < -0.3 is 5.32 Å². The first-order valence-corrected chi connectivity index (χ1v) is 12.0. The van der Waals surface area contributed by atoms with E-state index in [9.17, 15) is 13.6 Å². The lowest BCUT2D eigenvalue weighted by Gasteiger charge is -2.09. The summed E-state index contributed by atoms with van der Waals surface area (Å²) < 4.78 is 31.1. The molecule has 1 N–H and O–H groups in total. The van der Waals surface area contributed by atoms with Crippen molar-refractivity contribution in [1.82, 2.24) is 24.5 Å². The van der Waals surface area contributed by atoms with Crippen LogP contribution in [0, 0.1) is 13.8 Å². The number of pyridine rings is 1. The van der Waals surface area contributed by atoms with E-state index in [-0.39, 0.29) is 23.1 Å². The number of rotatable bonds is 7. The smallest absolute Gasteiger partial charge is 0.264 e. The molecule has 3 heterocycles. The Morgan fingerprint density at radius 1 is 1.00 bits per heavy atom. The maximum absolute atomic E-state index is 14.0. The van der Waals surface area contributed by atoms with Gasteiger partial charge in [-0.3, -0.25) is 9.48 Å². The maximum Gasteiger partial charge on any atom is 0.264 e. The highest BCUT2D eigenvalue weighted by Gasteiger charge is 2.22. The minimum absolute atomic E-state index is 0.164. The van der Waals surface area contributed by atoms with Crippen molar-refractivity contribution in [2.45, 2.75) is 33.4 Å². The number of amides is 1. The van der Waals surface area contributed by atoms with E-state index >= 15 is 0 Å². The molecule has 0 fully saturated rings. The Hall–Kier alpha value is -4.11. The lowest BCUT2D eigenvalue weighted by atomic mass is 10.1. The van der Waals surface area contributed by atoms with Crippen molar-refractivity contribution in [2.75, 3.05) is 5.32 Å². The molecule has 0 aliphatic carbocycles. The fraction of sp³-hybridized carbons (Fsp3) is 0.185. The summed E-state index contributed by atoms with van der Waals surface area (Å²) >= 11 is 6.08. The molecule has 3 aromatic heterocycles. The van der Waals surface area contributed by atoms with Crippen LogP contribution >= 0.6 is 11.6 Å². The Balaban J connectivity index is 1.41. The second-order valence-electron chi connectivity index (χ2n) is 8.71. The molecule has 10 heteroatoms. The quantitative estimate of drug-likeness (QED) is 0.277. The maximum atomic E-state index is 14.0. The van der Waals surface area contributed by atoms with Crippen molar-refractivity contribution < 1.29 is 13.6 Å². The van der Waals surface area contributed by atoms with Crippen LogP contribution < -0.4 is 5.32 Å². The molecule has 0 radical (unpaired) electrons. The Morgan fingerprint density at radius 3 is 2.51 bits per heavy atom. The molecule has 37 heavy (non-hydrogen) atoms. The average Bonchev–Trinajstić information content (AvgIpc) is 3.36. The lowest BCUT2D eigenvalue weighted by molar-refractivity contribution is -0.116. The first-order chi connectivity index (χ1) is 17.8. The summed E-state index contributed by atoms with van der Waals surface area (Å²) in [5.41, 5.74) is 3.36. The summed E-state index contributed by atoms with van der Waals surface area (Å²) in [5.74, 6) is -0.0220. The zero-order chi connectivity index (χ0) is 26.1. The standard InChI is InChI=1S/C27H23ClF2N6O/c1-16-11-23(34-35(16)14-18-7-6-10-20(28)12-18)32-24(37)15-36-27-25(17(2)33-36)21(26(29)30)13-22(31-27)19-8-4-3-5-9-19/h3-13,26H,14-15H2,1-2H3,(H,32,34,37). The molecule has 0 aliphatic heterocycles. The molecule has 5 rings (SSSR count). The van der Waals surface area contributed by atoms with Crippen LogP contribution in [0.2, 0.25) is 5.02 Å². The lowest BCUT2D eigenvalue weighted by Crippen LogP contribution is -2.20. The normalized spacial score (nSPS) is 11.4. The van der Waals surface area contributed by atoms with E-state index < -0.39 is 12.3 Å². The topological polar surface area (TPSA) is 77.6 Å². The van der Waals surface area contributed by atoms with E-state index in [1.165, 1.54) is 10.7 Å². The molecular weight excluding hydrogens is 498 g/mol. The van der Waals surface area contributed by atoms with E-state index in [1.54, 1.807) is 35.9 Å². The number of benzene rings is 2. The van der Waals surface area contributed by atoms with Gasteiger partial charge in [0.15, 0.2) is 11.5 Å². The molecule has 0 unspecified atom stereocenters. The number of nitrogens with one attached hydrogen (secondary N) is 1. The number of hydrogen-bond donors (Lipinski definition) is 1. The van der Waals surface area contributed by atoms with Crippen molar-refractivity contribution >= 4 is 34.4 Å². The third kappa shape index (κ3) is 5.22. The van der Waals surface area contributed by atoms with Crippen molar-refractivity contribution in [3.8, 4) is 11.3 Å². The molecule has 7 nitrogen and oxygen atoms in total. The monoisotopic (exact) mass is 520 g/mol. The number of hydrogen-bond acceptors (Lipinski definition) is 4. The van der Waals surface area contributed by atoms with Crippen LogP contribution in [0.1, 0.15) is 28.9 Å². The molecule has 0 atom stereocenters. The van der Waals surface area contributed by atoms with Gasteiger partial charge in [-0.15, -0.1) is 0 Å². The van der Waals surface area contributed by atoms with Crippen LogP contribution in [-0.4, -0.2) is 30.5 Å². The second-order valence-corrected chi connectivity index (χ2v) is 9.15. The van der Waals surface area contributed by atoms with Gasteiger partial charge in [0.1, 0.15) is 6.54 Å². The zero-order valence-electron chi connectivity index (χ0n) is 20.1. The molecule has 0 saturated heterocycles. The number of carbonyl (C=O) groups is 1. The van der Waals surface area contributed by atoms with Gasteiger partial charge in [0.05, 0.1) is 23.3 Å². The van der Waals surface area contributed by atoms with E-state index in [4.69, 9.17) is 11.6 Å². The number of aromatic nitrogens is 5. The van der Waals surface area contributed by atoms with Gasteiger partial charge in [-0.05, 0) is 37.6 Å². The fourth-order valence-corrected chi connectivity index (χ4v) is 4.50. The summed E-state index contributed by atoms with van der Waals surface area (Å²) in [5, 5.41) is 12.5. The number of anilines is 1. The molecule has 1 amide bonds. The third-order valence-corrected chi connectivity index (χ3v) is 6.21. The number of fused-ring (bicyclic) bond motifs is 1. The Kier molecular flexibility index (Phi) is 6.71. The van der Waals surface area contributed by atoms with Crippen LogP contribution in [0.15, 0.2) is 66.7 Å².